The highest BCUT2D eigenvalue weighted by Crippen LogP contribution is 2.26. The van der Waals surface area contributed by atoms with Crippen molar-refractivity contribution in [1.82, 2.24) is 4.72 Å². The Hall–Kier alpha value is -0.930. The lowest BCUT2D eigenvalue weighted by molar-refractivity contribution is 0.0292. The van der Waals surface area contributed by atoms with Crippen LogP contribution in [0.3, 0.4) is 0 Å². The molecule has 0 saturated carbocycles. The molecule has 4 N–H and O–H groups in total. The fraction of sp³-hybridized carbons (Fsp3) is 0.500. The van der Waals surface area contributed by atoms with E-state index in [1.54, 1.807) is 0 Å². The molecule has 0 saturated heterocycles. The number of ether oxygens (including phenoxy) is 1. The monoisotopic (exact) mass is 340 g/mol. The molecule has 1 atom stereocenters. The first kappa shape index (κ1) is 18.1. The summed E-state index contributed by atoms with van der Waals surface area (Å²) in [6, 6.07) is 1.76. The van der Waals surface area contributed by atoms with Crippen molar-refractivity contribution in [3.8, 4) is 0 Å². The largest absolute Gasteiger partial charge is 0.396 e. The van der Waals surface area contributed by atoms with Gasteiger partial charge < -0.3 is 15.6 Å². The second kappa shape index (κ2) is 6.89. The van der Waals surface area contributed by atoms with Crippen molar-refractivity contribution in [2.45, 2.75) is 23.8 Å². The van der Waals surface area contributed by atoms with Gasteiger partial charge in [0, 0.05) is 26.7 Å². The first-order valence-corrected chi connectivity index (χ1v) is 7.91. The zero-order chi connectivity index (χ0) is 16.3. The van der Waals surface area contributed by atoms with Crippen LogP contribution in [0, 0.1) is 5.82 Å². The van der Waals surface area contributed by atoms with Crippen LogP contribution in [0.2, 0.25) is 5.02 Å². The van der Waals surface area contributed by atoms with E-state index in [1.165, 1.54) is 14.0 Å². The quantitative estimate of drug-likeness (QED) is 0.646. The number of nitrogens with one attached hydrogen (secondary N) is 1. The summed E-state index contributed by atoms with van der Waals surface area (Å²) in [4.78, 5) is -0.342. The highest BCUT2D eigenvalue weighted by Gasteiger charge is 2.26. The van der Waals surface area contributed by atoms with Crippen molar-refractivity contribution in [2.75, 3.05) is 26.0 Å². The lowest BCUT2D eigenvalue weighted by atomic mass is 10.0. The molecule has 120 valence electrons. The molecule has 0 spiro atoms. The summed E-state index contributed by atoms with van der Waals surface area (Å²) in [6.45, 7) is 1.50. The van der Waals surface area contributed by atoms with E-state index in [2.05, 4.69) is 4.72 Å². The summed E-state index contributed by atoms with van der Waals surface area (Å²) < 4.78 is 44.5. The van der Waals surface area contributed by atoms with E-state index in [1.807, 2.05) is 0 Å². The molecule has 6 nitrogen and oxygen atoms in total. The van der Waals surface area contributed by atoms with Gasteiger partial charge in [0.25, 0.3) is 0 Å². The lowest BCUT2D eigenvalue weighted by Crippen LogP contribution is -2.41. The summed E-state index contributed by atoms with van der Waals surface area (Å²) in [5.41, 5.74) is 3.72. The highest BCUT2D eigenvalue weighted by atomic mass is 35.5. The Morgan fingerprint density at radius 1 is 1.52 bits per heavy atom. The van der Waals surface area contributed by atoms with Crippen LogP contribution in [0.5, 0.6) is 0 Å². The summed E-state index contributed by atoms with van der Waals surface area (Å²) in [6.07, 6.45) is 0.241. The van der Waals surface area contributed by atoms with Crippen LogP contribution in [0.15, 0.2) is 17.0 Å². The second-order valence-electron chi connectivity index (χ2n) is 4.87. The molecule has 0 heterocycles. The van der Waals surface area contributed by atoms with E-state index < -0.39 is 21.4 Å². The SMILES string of the molecule is COCCC(C)(O)CNS(=O)(=O)c1cc(N)c(F)cc1Cl. The number of methoxy groups -OCH3 is 1. The molecule has 0 fully saturated rings. The highest BCUT2D eigenvalue weighted by molar-refractivity contribution is 7.89. The van der Waals surface area contributed by atoms with Gasteiger partial charge >= 0.3 is 0 Å². The minimum absolute atomic E-state index is 0.241. The standard InChI is InChI=1S/C12H18ClFN2O4S/c1-12(17,3-4-20-2)7-16-21(18,19)11-6-10(15)9(14)5-8(11)13/h5-6,16-17H,3-4,7,15H2,1-2H3. The number of halogens is 2. The predicted octanol–water partition coefficient (Wildman–Crippen LogP) is 1.13. The molecule has 0 aliphatic carbocycles. The minimum Gasteiger partial charge on any atom is -0.396 e. The maximum absolute atomic E-state index is 13.2. The first-order valence-electron chi connectivity index (χ1n) is 6.04. The van der Waals surface area contributed by atoms with Crippen LogP contribution in [0.25, 0.3) is 0 Å². The van der Waals surface area contributed by atoms with Crippen molar-refractivity contribution in [1.29, 1.82) is 0 Å². The van der Waals surface area contributed by atoms with Gasteiger partial charge in [-0.2, -0.15) is 0 Å². The van der Waals surface area contributed by atoms with E-state index in [9.17, 15) is 17.9 Å². The number of nitrogens with two attached hydrogens (primary N) is 1. The number of anilines is 1. The number of rotatable bonds is 7. The molecule has 1 aromatic carbocycles. The number of benzene rings is 1. The number of hydrogen-bond donors (Lipinski definition) is 3. The average Bonchev–Trinajstić information content (AvgIpc) is 2.38. The Labute approximate surface area is 128 Å². The van der Waals surface area contributed by atoms with E-state index in [4.69, 9.17) is 22.1 Å². The molecule has 1 aromatic rings. The fourth-order valence-corrected chi connectivity index (χ4v) is 3.20. The fourth-order valence-electron chi connectivity index (χ4n) is 1.49. The normalized spacial score (nSPS) is 14.9. The molecule has 0 aliphatic rings. The van der Waals surface area contributed by atoms with Gasteiger partial charge in [0.2, 0.25) is 10.0 Å². The Balaban J connectivity index is 2.90. The van der Waals surface area contributed by atoms with E-state index in [-0.39, 0.29) is 35.2 Å². The van der Waals surface area contributed by atoms with Crippen molar-refractivity contribution < 1.29 is 22.7 Å². The number of sulfonamides is 1. The third-order valence-electron chi connectivity index (χ3n) is 2.83. The maximum atomic E-state index is 13.2. The molecule has 0 aromatic heterocycles. The molecule has 0 bridgehead atoms. The zero-order valence-electron chi connectivity index (χ0n) is 11.7. The topological polar surface area (TPSA) is 102 Å². The maximum Gasteiger partial charge on any atom is 0.242 e. The lowest BCUT2D eigenvalue weighted by Gasteiger charge is -2.23. The number of aliphatic hydroxyl groups is 1. The van der Waals surface area contributed by atoms with Gasteiger partial charge in [0.1, 0.15) is 10.7 Å². The van der Waals surface area contributed by atoms with E-state index in [0.717, 1.165) is 12.1 Å². The number of hydrogen-bond acceptors (Lipinski definition) is 5. The van der Waals surface area contributed by atoms with Crippen molar-refractivity contribution in [3.63, 3.8) is 0 Å². The predicted molar refractivity (Wildman–Crippen MR) is 78.1 cm³/mol. The molecular formula is C12H18ClFN2O4S. The minimum atomic E-state index is -4.02. The van der Waals surface area contributed by atoms with E-state index >= 15 is 0 Å². The Kier molecular flexibility index (Phi) is 5.94. The van der Waals surface area contributed by atoms with Crippen molar-refractivity contribution in [3.05, 3.63) is 23.0 Å². The summed E-state index contributed by atoms with van der Waals surface area (Å²) in [5, 5.41) is 9.71. The first-order chi connectivity index (χ1) is 9.59. The summed E-state index contributed by atoms with van der Waals surface area (Å²) >= 11 is 5.72. The van der Waals surface area contributed by atoms with Gasteiger partial charge in [0.15, 0.2) is 0 Å². The van der Waals surface area contributed by atoms with Gasteiger partial charge in [-0.3, -0.25) is 0 Å². The van der Waals surface area contributed by atoms with Crippen LogP contribution >= 0.6 is 11.6 Å². The second-order valence-corrected chi connectivity index (χ2v) is 7.01. The summed E-state index contributed by atoms with van der Waals surface area (Å²) in [7, 11) is -2.54. The Morgan fingerprint density at radius 2 is 2.14 bits per heavy atom. The molecule has 0 radical (unpaired) electrons. The van der Waals surface area contributed by atoms with Gasteiger partial charge in [-0.1, -0.05) is 11.6 Å². The van der Waals surface area contributed by atoms with Crippen LogP contribution in [0.1, 0.15) is 13.3 Å². The van der Waals surface area contributed by atoms with Crippen LogP contribution in [-0.2, 0) is 14.8 Å². The van der Waals surface area contributed by atoms with Gasteiger partial charge in [0.05, 0.1) is 16.3 Å². The van der Waals surface area contributed by atoms with Crippen LogP contribution in [-0.4, -0.2) is 39.4 Å². The number of nitrogen functional groups attached to an aromatic ring is 1. The molecule has 0 amide bonds. The third kappa shape index (κ3) is 5.08. The Morgan fingerprint density at radius 3 is 2.71 bits per heavy atom. The molecule has 0 aliphatic heterocycles. The zero-order valence-corrected chi connectivity index (χ0v) is 13.3. The van der Waals surface area contributed by atoms with Gasteiger partial charge in [-0.15, -0.1) is 0 Å². The van der Waals surface area contributed by atoms with E-state index in [0.29, 0.717) is 0 Å². The smallest absolute Gasteiger partial charge is 0.242 e. The summed E-state index contributed by atoms with van der Waals surface area (Å²) in [5.74, 6) is -0.800. The van der Waals surface area contributed by atoms with Crippen molar-refractivity contribution in [2.24, 2.45) is 0 Å². The van der Waals surface area contributed by atoms with Crippen LogP contribution < -0.4 is 10.5 Å². The van der Waals surface area contributed by atoms with Crippen LogP contribution in [0.4, 0.5) is 10.1 Å². The van der Waals surface area contributed by atoms with Crippen molar-refractivity contribution >= 4 is 27.3 Å². The molecular weight excluding hydrogens is 323 g/mol. The molecule has 1 rings (SSSR count). The molecule has 1 unspecified atom stereocenters. The van der Waals surface area contributed by atoms with Gasteiger partial charge in [-0.25, -0.2) is 17.5 Å². The average molecular weight is 341 g/mol. The third-order valence-corrected chi connectivity index (χ3v) is 4.69. The van der Waals surface area contributed by atoms with Gasteiger partial charge in [-0.05, 0) is 19.1 Å². The molecule has 9 heteroatoms. The Bertz CT molecular complexity index is 608. The molecule has 21 heavy (non-hydrogen) atoms.